The molecule has 1 saturated carbocycles. The van der Waals surface area contributed by atoms with Crippen molar-refractivity contribution in [2.24, 2.45) is 0 Å². The quantitative estimate of drug-likeness (QED) is 0.399. The van der Waals surface area contributed by atoms with Crippen molar-refractivity contribution in [3.8, 4) is 28.5 Å². The van der Waals surface area contributed by atoms with Crippen LogP contribution < -0.4 is 30.4 Å². The van der Waals surface area contributed by atoms with Crippen molar-refractivity contribution in [1.29, 1.82) is 0 Å². The number of imidazole rings is 1. The van der Waals surface area contributed by atoms with E-state index in [0.29, 0.717) is 22.7 Å². The van der Waals surface area contributed by atoms with Gasteiger partial charge in [0.05, 0.1) is 25.0 Å². The Kier molecular flexibility index (Phi) is 6.69. The number of alkyl halides is 2. The van der Waals surface area contributed by atoms with Gasteiger partial charge in [-0.1, -0.05) is 0 Å². The number of hydroxylamine groups is 1. The molecule has 0 radical (unpaired) electrons. The predicted octanol–water partition coefficient (Wildman–Crippen LogP) is 3.14. The van der Waals surface area contributed by atoms with Crippen LogP contribution >= 0.6 is 0 Å². The van der Waals surface area contributed by atoms with Gasteiger partial charge < -0.3 is 24.9 Å². The van der Waals surface area contributed by atoms with E-state index < -0.39 is 12.5 Å². The van der Waals surface area contributed by atoms with Gasteiger partial charge in [0, 0.05) is 30.4 Å². The molecule has 3 heterocycles. The Balaban J connectivity index is 1.44. The summed E-state index contributed by atoms with van der Waals surface area (Å²) in [6.45, 7) is -1.24. The number of hydrogen-bond donors (Lipinski definition) is 3. The summed E-state index contributed by atoms with van der Waals surface area (Å²) in [5, 5.41) is 6.12. The van der Waals surface area contributed by atoms with Crippen LogP contribution in [0.4, 0.5) is 8.78 Å². The lowest BCUT2D eigenvalue weighted by molar-refractivity contribution is -0.0502. The summed E-state index contributed by atoms with van der Waals surface area (Å²) in [6.07, 6.45) is 7.23. The van der Waals surface area contributed by atoms with Crippen LogP contribution in [-0.4, -0.2) is 54.2 Å². The molecule has 1 atom stereocenters. The summed E-state index contributed by atoms with van der Waals surface area (Å²) >= 11 is 0. The molecule has 1 amide bonds. The van der Waals surface area contributed by atoms with E-state index in [4.69, 9.17) is 14.3 Å². The number of aromatic nitrogens is 2. The van der Waals surface area contributed by atoms with E-state index in [-0.39, 0.29) is 29.1 Å². The SMILES string of the molecule is COc1cc(-c2cnc3cc(ON[C@H]4CCCNC4)ccn23)cc(OC(F)F)c1C(=O)NC1CC1. The van der Waals surface area contributed by atoms with E-state index in [1.165, 1.54) is 13.2 Å². The fourth-order valence-electron chi connectivity index (χ4n) is 4.14. The van der Waals surface area contributed by atoms with Gasteiger partial charge in [0.2, 0.25) is 0 Å². The number of piperidine rings is 1. The number of nitrogens with zero attached hydrogens (tertiary/aromatic N) is 2. The summed E-state index contributed by atoms with van der Waals surface area (Å²) < 4.78 is 38.4. The number of carbonyl (C=O) groups excluding carboxylic acids is 1. The molecule has 5 rings (SSSR count). The highest BCUT2D eigenvalue weighted by atomic mass is 19.3. The van der Waals surface area contributed by atoms with Crippen LogP contribution in [0.5, 0.6) is 17.2 Å². The second kappa shape index (κ2) is 10.0. The van der Waals surface area contributed by atoms with Crippen LogP contribution in [0.3, 0.4) is 0 Å². The Labute approximate surface area is 200 Å². The van der Waals surface area contributed by atoms with Gasteiger partial charge in [0.1, 0.15) is 22.7 Å². The lowest BCUT2D eigenvalue weighted by atomic mass is 10.1. The molecule has 2 aliphatic rings. The first-order valence-corrected chi connectivity index (χ1v) is 11.6. The number of hydrogen-bond acceptors (Lipinski definition) is 7. The topological polar surface area (TPSA) is 98.2 Å². The molecule has 1 saturated heterocycles. The van der Waals surface area contributed by atoms with Gasteiger partial charge in [-0.15, -0.1) is 0 Å². The minimum atomic E-state index is -3.10. The zero-order valence-electron chi connectivity index (χ0n) is 19.2. The molecule has 3 N–H and O–H groups in total. The van der Waals surface area contributed by atoms with Gasteiger partial charge in [-0.3, -0.25) is 9.20 Å². The molecule has 2 fully saturated rings. The second-order valence-electron chi connectivity index (χ2n) is 8.68. The summed E-state index contributed by atoms with van der Waals surface area (Å²) in [6, 6.07) is 6.86. The largest absolute Gasteiger partial charge is 0.496 e. The molecule has 9 nitrogen and oxygen atoms in total. The van der Waals surface area contributed by atoms with E-state index >= 15 is 0 Å². The van der Waals surface area contributed by atoms with E-state index in [1.54, 1.807) is 35.0 Å². The number of halogens is 2. The third kappa shape index (κ3) is 5.30. The summed E-state index contributed by atoms with van der Waals surface area (Å²) in [7, 11) is 1.38. The summed E-state index contributed by atoms with van der Waals surface area (Å²) in [5.74, 6) is -0.0250. The lowest BCUT2D eigenvalue weighted by Gasteiger charge is -2.23. The monoisotopic (exact) mass is 487 g/mol. The minimum absolute atomic E-state index is 0.0466. The summed E-state index contributed by atoms with van der Waals surface area (Å²) in [4.78, 5) is 22.9. The highest BCUT2D eigenvalue weighted by Crippen LogP contribution is 2.37. The molecular weight excluding hydrogens is 460 g/mol. The maximum Gasteiger partial charge on any atom is 0.387 e. The molecule has 0 bridgehead atoms. The molecule has 2 aromatic heterocycles. The number of nitrogens with one attached hydrogen (secondary N) is 3. The molecule has 186 valence electrons. The zero-order chi connectivity index (χ0) is 24.4. The average molecular weight is 488 g/mol. The number of methoxy groups -OCH3 is 1. The number of pyridine rings is 1. The molecule has 3 aromatic rings. The predicted molar refractivity (Wildman–Crippen MR) is 124 cm³/mol. The maximum atomic E-state index is 13.2. The summed E-state index contributed by atoms with van der Waals surface area (Å²) in [5.41, 5.74) is 4.74. The number of ether oxygens (including phenoxy) is 2. The first-order chi connectivity index (χ1) is 17.0. The van der Waals surface area contributed by atoms with Gasteiger partial charge in [-0.05, 0) is 50.4 Å². The highest BCUT2D eigenvalue weighted by molar-refractivity contribution is 6.01. The number of rotatable bonds is 9. The third-order valence-electron chi connectivity index (χ3n) is 6.06. The van der Waals surface area contributed by atoms with Gasteiger partial charge in [0.15, 0.2) is 5.75 Å². The third-order valence-corrected chi connectivity index (χ3v) is 6.06. The molecule has 35 heavy (non-hydrogen) atoms. The minimum Gasteiger partial charge on any atom is -0.496 e. The van der Waals surface area contributed by atoms with Gasteiger partial charge in [-0.2, -0.15) is 14.3 Å². The van der Waals surface area contributed by atoms with Crippen LogP contribution in [0.1, 0.15) is 36.0 Å². The fourth-order valence-corrected chi connectivity index (χ4v) is 4.14. The van der Waals surface area contributed by atoms with Crippen molar-refractivity contribution in [2.45, 2.75) is 44.4 Å². The van der Waals surface area contributed by atoms with E-state index in [1.807, 2.05) is 0 Å². The Morgan fingerprint density at radius 3 is 2.74 bits per heavy atom. The van der Waals surface area contributed by atoms with Crippen LogP contribution in [0.2, 0.25) is 0 Å². The molecule has 1 aromatic carbocycles. The van der Waals surface area contributed by atoms with Crippen molar-refractivity contribution >= 4 is 11.6 Å². The van der Waals surface area contributed by atoms with Gasteiger partial charge in [-0.25, -0.2) is 4.98 Å². The van der Waals surface area contributed by atoms with E-state index in [9.17, 15) is 13.6 Å². The molecule has 0 spiro atoms. The number of fused-ring (bicyclic) bond motifs is 1. The molecule has 11 heteroatoms. The zero-order valence-corrected chi connectivity index (χ0v) is 19.2. The first-order valence-electron chi connectivity index (χ1n) is 11.6. The van der Waals surface area contributed by atoms with Crippen molar-refractivity contribution in [3.63, 3.8) is 0 Å². The van der Waals surface area contributed by atoms with E-state index in [2.05, 4.69) is 21.1 Å². The second-order valence-corrected chi connectivity index (χ2v) is 8.68. The van der Waals surface area contributed by atoms with Gasteiger partial charge in [0.25, 0.3) is 5.91 Å². The van der Waals surface area contributed by atoms with Crippen LogP contribution in [0, 0.1) is 0 Å². The van der Waals surface area contributed by atoms with Crippen LogP contribution in [-0.2, 0) is 0 Å². The lowest BCUT2D eigenvalue weighted by Crippen LogP contribution is -2.44. The standard InChI is InChI=1S/C24H27F2N5O4/c1-33-19-9-14(10-20(34-24(25)26)22(19)23(32)29-15-4-5-15)18-13-28-21-11-17(6-8-31(18)21)35-30-16-3-2-7-27-12-16/h6,8-11,13,15-16,24,27,30H,2-5,7,12H2,1H3,(H,29,32)/t16-/m0/s1. The Bertz CT molecular complexity index is 1210. The molecule has 1 aliphatic heterocycles. The maximum absolute atomic E-state index is 13.2. The Morgan fingerprint density at radius 1 is 1.20 bits per heavy atom. The first kappa shape index (κ1) is 23.3. The number of benzene rings is 1. The average Bonchev–Trinajstić information content (AvgIpc) is 3.57. The van der Waals surface area contributed by atoms with Crippen molar-refractivity contribution < 1.29 is 27.9 Å². The smallest absolute Gasteiger partial charge is 0.387 e. The number of carbonyl (C=O) groups is 1. The van der Waals surface area contributed by atoms with Crippen LogP contribution in [0.15, 0.2) is 36.7 Å². The van der Waals surface area contributed by atoms with Crippen molar-refractivity contribution in [2.75, 3.05) is 20.2 Å². The Morgan fingerprint density at radius 2 is 2.03 bits per heavy atom. The number of amides is 1. The fraction of sp³-hybridized carbons (Fsp3) is 0.417. The van der Waals surface area contributed by atoms with Crippen LogP contribution in [0.25, 0.3) is 16.9 Å². The molecular formula is C24H27F2N5O4. The van der Waals surface area contributed by atoms with E-state index in [0.717, 1.165) is 38.8 Å². The molecule has 0 unspecified atom stereocenters. The highest BCUT2D eigenvalue weighted by Gasteiger charge is 2.29. The Hall–Kier alpha value is -3.44. The molecule has 1 aliphatic carbocycles. The normalized spacial score (nSPS) is 18.0. The van der Waals surface area contributed by atoms with Crippen molar-refractivity contribution in [1.82, 2.24) is 25.5 Å². The van der Waals surface area contributed by atoms with Crippen molar-refractivity contribution in [3.05, 3.63) is 42.2 Å². The van der Waals surface area contributed by atoms with Gasteiger partial charge >= 0.3 is 6.61 Å².